The summed E-state index contributed by atoms with van der Waals surface area (Å²) >= 11 is 3.33. The minimum absolute atomic E-state index is 0.170. The molecule has 0 fully saturated rings. The lowest BCUT2D eigenvalue weighted by Gasteiger charge is -2.21. The molecule has 2 aromatic rings. The maximum Gasteiger partial charge on any atom is 0.195 e. The molecule has 21 heavy (non-hydrogen) atoms. The Morgan fingerprint density at radius 2 is 1.67 bits per heavy atom. The number of carbonyl (C=O) groups is 2. The number of hydrogen-bond acceptors (Lipinski definition) is 3. The summed E-state index contributed by atoms with van der Waals surface area (Å²) in [7, 11) is 0. The summed E-state index contributed by atoms with van der Waals surface area (Å²) in [5.41, 5.74) is 10.7. The molecule has 0 atom stereocenters. The van der Waals surface area contributed by atoms with Gasteiger partial charge in [-0.3, -0.25) is 9.59 Å². The van der Waals surface area contributed by atoms with E-state index in [-0.39, 0.29) is 28.4 Å². The average Bonchev–Trinajstić information content (AvgIpc) is 2.47. The summed E-state index contributed by atoms with van der Waals surface area (Å²) in [6, 6.07) is 8.33. The fourth-order valence-electron chi connectivity index (χ4n) is 2.53. The van der Waals surface area contributed by atoms with Gasteiger partial charge in [0.2, 0.25) is 0 Å². The Morgan fingerprint density at radius 1 is 1.10 bits per heavy atom. The molecule has 0 saturated heterocycles. The SMILES string of the molecule is Cc1cc(Br)c2c(c1N=[N+]=[N-])C(=O)c1ccccc1C2=O. The Morgan fingerprint density at radius 3 is 2.24 bits per heavy atom. The lowest BCUT2D eigenvalue weighted by molar-refractivity contribution is 0.0979. The van der Waals surface area contributed by atoms with E-state index in [4.69, 9.17) is 5.53 Å². The van der Waals surface area contributed by atoms with Gasteiger partial charge >= 0.3 is 0 Å². The summed E-state index contributed by atoms with van der Waals surface area (Å²) in [5, 5.41) is 3.61. The molecule has 0 bridgehead atoms. The summed E-state index contributed by atoms with van der Waals surface area (Å²) in [6.45, 7) is 1.73. The highest BCUT2D eigenvalue weighted by molar-refractivity contribution is 9.10. The number of rotatable bonds is 1. The number of azide groups is 1. The van der Waals surface area contributed by atoms with E-state index in [0.717, 1.165) is 0 Å². The zero-order valence-corrected chi connectivity index (χ0v) is 12.5. The van der Waals surface area contributed by atoms with E-state index in [9.17, 15) is 9.59 Å². The Balaban J connectivity index is 2.45. The van der Waals surface area contributed by atoms with E-state index in [2.05, 4.69) is 26.0 Å². The third-order valence-corrected chi connectivity index (χ3v) is 4.08. The molecule has 0 saturated carbocycles. The highest BCUT2D eigenvalue weighted by Gasteiger charge is 2.33. The predicted octanol–water partition coefficient (Wildman–Crippen LogP) is 4.47. The standard InChI is InChI=1S/C15H8BrN3O2/c1-7-6-10(16)11-12(13(7)18-19-17)15(21)9-5-3-2-4-8(9)14(11)20/h2-6H,1H3. The second-order valence-corrected chi connectivity index (χ2v) is 5.52. The van der Waals surface area contributed by atoms with Crippen molar-refractivity contribution in [3.8, 4) is 0 Å². The summed E-state index contributed by atoms with van der Waals surface area (Å²) in [6.07, 6.45) is 0. The second-order valence-electron chi connectivity index (χ2n) is 4.67. The largest absolute Gasteiger partial charge is 0.289 e. The van der Waals surface area contributed by atoms with Crippen LogP contribution in [0.15, 0.2) is 39.9 Å². The number of carbonyl (C=O) groups excluding carboxylic acids is 2. The quantitative estimate of drug-likeness (QED) is 0.371. The van der Waals surface area contributed by atoms with Gasteiger partial charge in [-0.1, -0.05) is 29.4 Å². The van der Waals surface area contributed by atoms with Gasteiger partial charge in [0.05, 0.1) is 5.69 Å². The minimum Gasteiger partial charge on any atom is -0.289 e. The van der Waals surface area contributed by atoms with Crippen molar-refractivity contribution in [2.45, 2.75) is 6.92 Å². The number of aryl methyl sites for hydroxylation is 1. The average molecular weight is 342 g/mol. The van der Waals surface area contributed by atoms with E-state index in [1.807, 2.05) is 0 Å². The van der Waals surface area contributed by atoms with Gasteiger partial charge in [-0.15, -0.1) is 0 Å². The van der Waals surface area contributed by atoms with Crippen LogP contribution in [-0.4, -0.2) is 11.6 Å². The van der Waals surface area contributed by atoms with Crippen molar-refractivity contribution in [1.29, 1.82) is 0 Å². The molecular weight excluding hydrogens is 334 g/mol. The third kappa shape index (κ3) is 1.88. The molecular formula is C15H8BrN3O2. The first kappa shape index (κ1) is 13.5. The first-order valence-electron chi connectivity index (χ1n) is 6.13. The molecule has 0 aromatic heterocycles. The van der Waals surface area contributed by atoms with Gasteiger partial charge in [-0.2, -0.15) is 0 Å². The summed E-state index contributed by atoms with van der Waals surface area (Å²) < 4.78 is 0.528. The number of hydrogen-bond donors (Lipinski definition) is 0. The van der Waals surface area contributed by atoms with E-state index < -0.39 is 0 Å². The van der Waals surface area contributed by atoms with Gasteiger partial charge in [0.1, 0.15) is 0 Å². The van der Waals surface area contributed by atoms with Crippen molar-refractivity contribution in [2.75, 3.05) is 0 Å². The zero-order chi connectivity index (χ0) is 15.1. The van der Waals surface area contributed by atoms with Gasteiger partial charge in [0, 0.05) is 31.6 Å². The predicted molar refractivity (Wildman–Crippen MR) is 81.0 cm³/mol. The van der Waals surface area contributed by atoms with Crippen molar-refractivity contribution in [2.24, 2.45) is 5.11 Å². The van der Waals surface area contributed by atoms with Crippen LogP contribution in [0.4, 0.5) is 5.69 Å². The molecule has 3 rings (SSSR count). The van der Waals surface area contributed by atoms with E-state index in [0.29, 0.717) is 21.2 Å². The Bertz CT molecular complexity index is 867. The Hall–Kier alpha value is -2.43. The molecule has 0 heterocycles. The first-order valence-corrected chi connectivity index (χ1v) is 6.92. The van der Waals surface area contributed by atoms with Crippen molar-refractivity contribution >= 4 is 33.2 Å². The number of ketones is 2. The minimum atomic E-state index is -0.299. The molecule has 102 valence electrons. The van der Waals surface area contributed by atoms with Crippen LogP contribution < -0.4 is 0 Å². The molecule has 0 unspecified atom stereocenters. The molecule has 6 heteroatoms. The lowest BCUT2D eigenvalue weighted by atomic mass is 9.82. The van der Waals surface area contributed by atoms with Crippen molar-refractivity contribution in [3.05, 3.63) is 73.1 Å². The molecule has 0 amide bonds. The van der Waals surface area contributed by atoms with Gasteiger partial charge in [0.25, 0.3) is 0 Å². The fraction of sp³-hybridized carbons (Fsp3) is 0.0667. The fourth-order valence-corrected chi connectivity index (χ4v) is 3.25. The molecule has 0 spiro atoms. The molecule has 1 aliphatic carbocycles. The smallest absolute Gasteiger partial charge is 0.195 e. The zero-order valence-electron chi connectivity index (χ0n) is 10.9. The lowest BCUT2D eigenvalue weighted by Crippen LogP contribution is -2.21. The van der Waals surface area contributed by atoms with Crippen LogP contribution >= 0.6 is 15.9 Å². The first-order chi connectivity index (χ1) is 10.1. The number of nitrogens with zero attached hydrogens (tertiary/aromatic N) is 3. The topological polar surface area (TPSA) is 82.9 Å². The van der Waals surface area contributed by atoms with Crippen molar-refractivity contribution in [3.63, 3.8) is 0 Å². The highest BCUT2D eigenvalue weighted by atomic mass is 79.9. The molecule has 0 radical (unpaired) electrons. The Labute approximate surface area is 128 Å². The van der Waals surface area contributed by atoms with Gasteiger partial charge < -0.3 is 0 Å². The second kappa shape index (κ2) is 4.84. The maximum atomic E-state index is 12.7. The van der Waals surface area contributed by atoms with Crippen LogP contribution in [0, 0.1) is 6.92 Å². The van der Waals surface area contributed by atoms with Crippen LogP contribution in [0.25, 0.3) is 10.4 Å². The van der Waals surface area contributed by atoms with Crippen LogP contribution in [-0.2, 0) is 0 Å². The number of halogens is 1. The number of benzene rings is 2. The van der Waals surface area contributed by atoms with E-state index >= 15 is 0 Å². The van der Waals surface area contributed by atoms with Crippen molar-refractivity contribution < 1.29 is 9.59 Å². The molecule has 0 aliphatic heterocycles. The van der Waals surface area contributed by atoms with Gasteiger partial charge in [-0.05, 0) is 40.0 Å². The Kier molecular flexibility index (Phi) is 3.12. The van der Waals surface area contributed by atoms with Crippen LogP contribution in [0.3, 0.4) is 0 Å². The van der Waals surface area contributed by atoms with Crippen molar-refractivity contribution in [1.82, 2.24) is 0 Å². The van der Waals surface area contributed by atoms with E-state index in [1.54, 1.807) is 37.3 Å². The number of fused-ring (bicyclic) bond motifs is 2. The highest BCUT2D eigenvalue weighted by Crippen LogP contribution is 2.39. The normalized spacial score (nSPS) is 12.5. The monoisotopic (exact) mass is 341 g/mol. The van der Waals surface area contributed by atoms with Gasteiger partial charge in [0.15, 0.2) is 11.6 Å². The molecule has 0 N–H and O–H groups in total. The van der Waals surface area contributed by atoms with Crippen LogP contribution in [0.1, 0.15) is 37.4 Å². The molecule has 5 nitrogen and oxygen atoms in total. The van der Waals surface area contributed by atoms with Crippen LogP contribution in [0.5, 0.6) is 0 Å². The maximum absolute atomic E-state index is 12.7. The van der Waals surface area contributed by atoms with Crippen LogP contribution in [0.2, 0.25) is 0 Å². The summed E-state index contributed by atoms with van der Waals surface area (Å²) in [5.74, 6) is -0.548. The van der Waals surface area contributed by atoms with E-state index in [1.165, 1.54) is 0 Å². The molecule has 2 aromatic carbocycles. The molecule has 1 aliphatic rings. The van der Waals surface area contributed by atoms with Gasteiger partial charge in [-0.25, -0.2) is 0 Å². The third-order valence-electron chi connectivity index (χ3n) is 3.46. The summed E-state index contributed by atoms with van der Waals surface area (Å²) in [4.78, 5) is 28.1.